The molecule has 1 aliphatic heterocycles. The van der Waals surface area contributed by atoms with Gasteiger partial charge in [0.2, 0.25) is 5.91 Å². The maximum Gasteiger partial charge on any atom is 0.229 e. The minimum Gasteiger partial charge on any atom is -0.337 e. The monoisotopic (exact) mass is 362 g/mol. The number of aryl methyl sites for hydroxylation is 2. The second kappa shape index (κ2) is 7.19. The summed E-state index contributed by atoms with van der Waals surface area (Å²) < 4.78 is 13.6. The maximum absolute atomic E-state index is 13.6. The highest BCUT2D eigenvalue weighted by Gasteiger charge is 2.37. The van der Waals surface area contributed by atoms with Gasteiger partial charge in [-0.1, -0.05) is 12.1 Å². The summed E-state index contributed by atoms with van der Waals surface area (Å²) in [7, 11) is 1.81. The number of hydrogen-bond acceptors (Lipinski definition) is 5. The van der Waals surface area contributed by atoms with Crippen molar-refractivity contribution in [3.63, 3.8) is 0 Å². The summed E-state index contributed by atoms with van der Waals surface area (Å²) in [6.07, 6.45) is 0. The van der Waals surface area contributed by atoms with E-state index in [-0.39, 0.29) is 29.7 Å². The van der Waals surface area contributed by atoms with Crippen molar-refractivity contribution < 1.29 is 9.18 Å². The van der Waals surface area contributed by atoms with Crippen LogP contribution in [0.3, 0.4) is 0 Å². The molecule has 1 amide bonds. The second-order valence-electron chi connectivity index (χ2n) is 6.46. The van der Waals surface area contributed by atoms with Gasteiger partial charge in [0.15, 0.2) is 0 Å². The Labute approximate surface area is 151 Å². The summed E-state index contributed by atoms with van der Waals surface area (Å²) in [6.45, 7) is 6.50. The smallest absolute Gasteiger partial charge is 0.229 e. The number of nitrogens with zero attached hydrogens (tertiary/aromatic N) is 2. The summed E-state index contributed by atoms with van der Waals surface area (Å²) >= 11 is 1.64. The quantitative estimate of drug-likeness (QED) is 0.878. The first-order valence-corrected chi connectivity index (χ1v) is 9.14. The molecule has 0 radical (unpaired) electrons. The molecule has 25 heavy (non-hydrogen) atoms. The number of hydrogen-bond donors (Lipinski definition) is 2. The normalized spacial score (nSPS) is 21.3. The molecule has 134 valence electrons. The zero-order valence-corrected chi connectivity index (χ0v) is 15.7. The van der Waals surface area contributed by atoms with E-state index in [2.05, 4.69) is 15.8 Å². The Morgan fingerprint density at radius 2 is 2.20 bits per heavy atom. The highest BCUT2D eigenvalue weighted by atomic mass is 32.1. The van der Waals surface area contributed by atoms with E-state index >= 15 is 0 Å². The van der Waals surface area contributed by atoms with Crippen molar-refractivity contribution in [1.29, 1.82) is 0 Å². The molecule has 0 aliphatic carbocycles. The molecule has 3 unspecified atom stereocenters. The zero-order valence-electron chi connectivity index (χ0n) is 14.8. The van der Waals surface area contributed by atoms with E-state index in [1.807, 2.05) is 33.9 Å². The Kier molecular flexibility index (Phi) is 5.17. The lowest BCUT2D eigenvalue weighted by Crippen LogP contribution is -2.38. The number of thiazole rings is 1. The van der Waals surface area contributed by atoms with Crippen molar-refractivity contribution in [2.24, 2.45) is 5.92 Å². The minimum atomic E-state index is -0.298. The number of amides is 1. The van der Waals surface area contributed by atoms with Crippen LogP contribution in [0.5, 0.6) is 0 Å². The van der Waals surface area contributed by atoms with Gasteiger partial charge in [0.05, 0.1) is 28.7 Å². The topological polar surface area (TPSA) is 57.3 Å². The van der Waals surface area contributed by atoms with Gasteiger partial charge in [0, 0.05) is 18.5 Å². The van der Waals surface area contributed by atoms with Gasteiger partial charge in [-0.25, -0.2) is 14.8 Å². The molecule has 2 heterocycles. The molecule has 1 aromatic heterocycles. The standard InChI is InChI=1S/C18H23FN4OS/c1-10(16-11(2)25-12(3)21-16)23(4)18(24)15-9-20-22-17(15)13-6-5-7-14(19)8-13/h5-8,10,15,17,20,22H,9H2,1-4H3. The van der Waals surface area contributed by atoms with Crippen LogP contribution in [0.1, 0.15) is 40.1 Å². The van der Waals surface area contributed by atoms with E-state index in [4.69, 9.17) is 0 Å². The van der Waals surface area contributed by atoms with Crippen LogP contribution in [0.4, 0.5) is 4.39 Å². The summed E-state index contributed by atoms with van der Waals surface area (Å²) in [6, 6.07) is 6.03. The Morgan fingerprint density at radius 1 is 1.44 bits per heavy atom. The zero-order chi connectivity index (χ0) is 18.1. The van der Waals surface area contributed by atoms with Crippen LogP contribution < -0.4 is 10.9 Å². The maximum atomic E-state index is 13.6. The van der Waals surface area contributed by atoms with E-state index in [9.17, 15) is 9.18 Å². The number of aromatic nitrogens is 1. The highest BCUT2D eigenvalue weighted by molar-refractivity contribution is 7.11. The van der Waals surface area contributed by atoms with Crippen LogP contribution in [0.25, 0.3) is 0 Å². The van der Waals surface area contributed by atoms with Gasteiger partial charge in [-0.05, 0) is 38.5 Å². The fourth-order valence-corrected chi connectivity index (χ4v) is 4.22. The van der Waals surface area contributed by atoms with Crippen molar-refractivity contribution in [3.05, 3.63) is 51.2 Å². The van der Waals surface area contributed by atoms with Gasteiger partial charge in [-0.15, -0.1) is 11.3 Å². The molecular weight excluding hydrogens is 339 g/mol. The Hall–Kier alpha value is -1.83. The van der Waals surface area contributed by atoms with Crippen molar-refractivity contribution in [2.75, 3.05) is 13.6 Å². The molecular formula is C18H23FN4OS. The molecule has 0 bridgehead atoms. The van der Waals surface area contributed by atoms with Crippen molar-refractivity contribution in [1.82, 2.24) is 20.7 Å². The van der Waals surface area contributed by atoms with Crippen LogP contribution in [0.15, 0.2) is 24.3 Å². The molecule has 3 atom stereocenters. The van der Waals surface area contributed by atoms with Gasteiger partial charge < -0.3 is 4.90 Å². The molecule has 1 saturated heterocycles. The first-order chi connectivity index (χ1) is 11.9. The van der Waals surface area contributed by atoms with E-state index in [1.165, 1.54) is 12.1 Å². The SMILES string of the molecule is Cc1nc(C(C)N(C)C(=O)C2CNNC2c2cccc(F)c2)c(C)s1. The third kappa shape index (κ3) is 3.58. The van der Waals surface area contributed by atoms with Gasteiger partial charge in [-0.2, -0.15) is 0 Å². The number of carbonyl (C=O) groups is 1. The lowest BCUT2D eigenvalue weighted by atomic mass is 9.93. The number of halogens is 1. The van der Waals surface area contributed by atoms with Crippen LogP contribution in [0.2, 0.25) is 0 Å². The summed E-state index contributed by atoms with van der Waals surface area (Å²) in [5.74, 6) is -0.578. The molecule has 3 rings (SSSR count). The lowest BCUT2D eigenvalue weighted by Gasteiger charge is -2.29. The fourth-order valence-electron chi connectivity index (χ4n) is 3.31. The highest BCUT2D eigenvalue weighted by Crippen LogP contribution is 2.31. The molecule has 1 aromatic carbocycles. The summed E-state index contributed by atoms with van der Waals surface area (Å²) in [4.78, 5) is 20.5. The third-order valence-corrected chi connectivity index (χ3v) is 5.67. The number of hydrazine groups is 1. The molecule has 5 nitrogen and oxygen atoms in total. The van der Waals surface area contributed by atoms with Crippen LogP contribution in [-0.2, 0) is 4.79 Å². The number of nitrogens with one attached hydrogen (secondary N) is 2. The van der Waals surface area contributed by atoms with Crippen LogP contribution in [0, 0.1) is 25.6 Å². The number of carbonyl (C=O) groups excluding carboxylic acids is 1. The lowest BCUT2D eigenvalue weighted by molar-refractivity contribution is -0.136. The van der Waals surface area contributed by atoms with Gasteiger partial charge in [0.25, 0.3) is 0 Å². The summed E-state index contributed by atoms with van der Waals surface area (Å²) in [5, 5.41) is 1.00. The van der Waals surface area contributed by atoms with Gasteiger partial charge in [-0.3, -0.25) is 10.2 Å². The van der Waals surface area contributed by atoms with E-state index < -0.39 is 0 Å². The largest absolute Gasteiger partial charge is 0.337 e. The van der Waals surface area contributed by atoms with Gasteiger partial charge in [0.1, 0.15) is 5.82 Å². The molecule has 1 aliphatic rings. The first-order valence-electron chi connectivity index (χ1n) is 8.33. The molecule has 2 aromatic rings. The van der Waals surface area contributed by atoms with Crippen molar-refractivity contribution in [2.45, 2.75) is 32.9 Å². The van der Waals surface area contributed by atoms with Crippen LogP contribution >= 0.6 is 11.3 Å². The average Bonchev–Trinajstić information content (AvgIpc) is 3.19. The molecule has 0 saturated carbocycles. The Balaban J connectivity index is 1.80. The molecule has 7 heteroatoms. The molecule has 1 fully saturated rings. The van der Waals surface area contributed by atoms with Crippen molar-refractivity contribution in [3.8, 4) is 0 Å². The molecule has 2 N–H and O–H groups in total. The Morgan fingerprint density at radius 3 is 2.84 bits per heavy atom. The minimum absolute atomic E-state index is 0.0179. The fraction of sp³-hybridized carbons (Fsp3) is 0.444. The predicted molar refractivity (Wildman–Crippen MR) is 96.5 cm³/mol. The number of rotatable bonds is 4. The Bertz CT molecular complexity index is 778. The van der Waals surface area contributed by atoms with Gasteiger partial charge >= 0.3 is 0 Å². The van der Waals surface area contributed by atoms with E-state index in [0.717, 1.165) is 21.1 Å². The summed E-state index contributed by atoms with van der Waals surface area (Å²) in [5.41, 5.74) is 7.85. The first kappa shape index (κ1) is 18.0. The average molecular weight is 362 g/mol. The van der Waals surface area contributed by atoms with Crippen molar-refractivity contribution >= 4 is 17.2 Å². The number of benzene rings is 1. The van der Waals surface area contributed by atoms with E-state index in [0.29, 0.717) is 6.54 Å². The second-order valence-corrected chi connectivity index (χ2v) is 7.87. The predicted octanol–water partition coefficient (Wildman–Crippen LogP) is 2.88. The van der Waals surface area contributed by atoms with Crippen LogP contribution in [-0.4, -0.2) is 29.4 Å². The molecule has 0 spiro atoms. The third-order valence-electron chi connectivity index (χ3n) is 4.77. The van der Waals surface area contributed by atoms with E-state index in [1.54, 1.807) is 22.3 Å².